The van der Waals surface area contributed by atoms with Crippen LogP contribution >= 0.6 is 0 Å². The zero-order chi connectivity index (χ0) is 25.5. The molecule has 0 aliphatic carbocycles. The molecule has 0 atom stereocenters. The molecule has 0 aliphatic heterocycles. The van der Waals surface area contributed by atoms with Crippen LogP contribution in [0.4, 0.5) is 32.0 Å². The lowest BCUT2D eigenvalue weighted by Crippen LogP contribution is -2.15. The van der Waals surface area contributed by atoms with Crippen molar-refractivity contribution in [1.82, 2.24) is 4.98 Å². The first-order valence-electron chi connectivity index (χ1n) is 9.78. The van der Waals surface area contributed by atoms with E-state index in [1.54, 1.807) is 0 Å². The largest absolute Gasteiger partial charge is 0.456 e. The number of nitrogens with zero attached hydrogens (tertiary/aromatic N) is 1. The van der Waals surface area contributed by atoms with Gasteiger partial charge in [0.15, 0.2) is 5.82 Å². The highest BCUT2D eigenvalue weighted by molar-refractivity contribution is 7.92. The summed E-state index contributed by atoms with van der Waals surface area (Å²) in [6.07, 6.45) is -4.66. The highest BCUT2D eigenvalue weighted by Crippen LogP contribution is 2.38. The topological polar surface area (TPSA) is 68.3 Å². The van der Waals surface area contributed by atoms with Crippen LogP contribution in [0.25, 0.3) is 10.9 Å². The van der Waals surface area contributed by atoms with Crippen molar-refractivity contribution in [3.8, 4) is 11.5 Å². The molecular weight excluding hydrogens is 498 g/mol. The van der Waals surface area contributed by atoms with Crippen LogP contribution in [0.1, 0.15) is 11.3 Å². The number of anilines is 1. The summed E-state index contributed by atoms with van der Waals surface area (Å²) in [6, 6.07) is 9.47. The lowest BCUT2D eigenvalue weighted by molar-refractivity contribution is -0.136. The zero-order valence-corrected chi connectivity index (χ0v) is 18.4. The minimum absolute atomic E-state index is 0.0252. The number of alkyl halides is 3. The van der Waals surface area contributed by atoms with Gasteiger partial charge >= 0.3 is 6.18 Å². The summed E-state index contributed by atoms with van der Waals surface area (Å²) >= 11 is 0. The van der Waals surface area contributed by atoms with Gasteiger partial charge in [-0.3, -0.25) is 9.71 Å². The zero-order valence-electron chi connectivity index (χ0n) is 17.6. The second kappa shape index (κ2) is 8.77. The predicted molar refractivity (Wildman–Crippen MR) is 115 cm³/mol. The monoisotopic (exact) mass is 512 g/mol. The first kappa shape index (κ1) is 24.3. The van der Waals surface area contributed by atoms with Crippen molar-refractivity contribution >= 4 is 26.6 Å². The van der Waals surface area contributed by atoms with E-state index < -0.39 is 49.8 Å². The van der Waals surface area contributed by atoms with Crippen LogP contribution in [-0.4, -0.2) is 13.4 Å². The van der Waals surface area contributed by atoms with Crippen molar-refractivity contribution in [2.24, 2.45) is 0 Å². The number of nitrogens with one attached hydrogen (secondary N) is 1. The van der Waals surface area contributed by atoms with E-state index in [1.165, 1.54) is 25.1 Å². The van der Waals surface area contributed by atoms with Gasteiger partial charge < -0.3 is 4.74 Å². The number of halogens is 6. The lowest BCUT2D eigenvalue weighted by Gasteiger charge is -2.15. The molecular formula is C23H14F6N2O3S. The van der Waals surface area contributed by atoms with Crippen molar-refractivity contribution in [3.05, 3.63) is 89.4 Å². The van der Waals surface area contributed by atoms with E-state index in [0.29, 0.717) is 12.1 Å². The van der Waals surface area contributed by atoms with Crippen LogP contribution in [0.3, 0.4) is 0 Å². The molecule has 4 rings (SSSR count). The second-order valence-corrected chi connectivity index (χ2v) is 9.04. The summed E-state index contributed by atoms with van der Waals surface area (Å²) < 4.78 is 114. The molecule has 0 unspecified atom stereocenters. The van der Waals surface area contributed by atoms with Crippen molar-refractivity contribution in [1.29, 1.82) is 0 Å². The van der Waals surface area contributed by atoms with E-state index in [1.807, 2.05) is 4.72 Å². The number of aromatic nitrogens is 1. The average molecular weight is 512 g/mol. The first-order chi connectivity index (χ1) is 16.3. The summed E-state index contributed by atoms with van der Waals surface area (Å²) in [6.45, 7) is 1.46. The van der Waals surface area contributed by atoms with Gasteiger partial charge in [0.2, 0.25) is 0 Å². The van der Waals surface area contributed by atoms with Crippen LogP contribution in [-0.2, 0) is 16.2 Å². The molecule has 35 heavy (non-hydrogen) atoms. The fourth-order valence-electron chi connectivity index (χ4n) is 3.30. The molecule has 0 saturated carbocycles. The Balaban J connectivity index is 1.67. The number of sulfonamides is 1. The number of pyridine rings is 1. The highest BCUT2D eigenvalue weighted by atomic mass is 32.2. The van der Waals surface area contributed by atoms with E-state index in [2.05, 4.69) is 4.98 Å². The van der Waals surface area contributed by atoms with Crippen molar-refractivity contribution < 1.29 is 39.5 Å². The number of aryl methyl sites for hydroxylation is 1. The number of ether oxygens (including phenoxy) is 1. The molecule has 1 heterocycles. The van der Waals surface area contributed by atoms with Crippen LogP contribution < -0.4 is 9.46 Å². The Labute approximate surface area is 195 Å². The van der Waals surface area contributed by atoms with Gasteiger partial charge in [-0.1, -0.05) is 6.07 Å². The Morgan fingerprint density at radius 1 is 0.914 bits per heavy atom. The molecule has 1 N–H and O–H groups in total. The second-order valence-electron chi connectivity index (χ2n) is 7.39. The van der Waals surface area contributed by atoms with Crippen molar-refractivity contribution in [3.63, 3.8) is 0 Å². The quantitative estimate of drug-likeness (QED) is 0.307. The molecule has 3 aromatic carbocycles. The average Bonchev–Trinajstić information content (AvgIpc) is 2.76. The summed E-state index contributed by atoms with van der Waals surface area (Å²) in [7, 11) is -4.67. The third-order valence-corrected chi connectivity index (χ3v) is 6.21. The lowest BCUT2D eigenvalue weighted by atomic mass is 10.1. The third-order valence-electron chi connectivity index (χ3n) is 4.83. The van der Waals surface area contributed by atoms with E-state index in [0.717, 1.165) is 30.3 Å². The van der Waals surface area contributed by atoms with E-state index in [-0.39, 0.29) is 28.1 Å². The maximum Gasteiger partial charge on any atom is 0.418 e. The summed E-state index contributed by atoms with van der Waals surface area (Å²) in [5.41, 5.74) is -1.69. The minimum atomic E-state index is -4.67. The SMILES string of the molecule is Cc1cc(Oc2ccc(NS(=O)(=O)c3cc(F)ccc3F)c(F)c2)c2cccc(C(F)(F)F)c2n1. The Hall–Kier alpha value is -3.80. The molecule has 0 amide bonds. The molecule has 5 nitrogen and oxygen atoms in total. The fourth-order valence-corrected chi connectivity index (χ4v) is 4.46. The fraction of sp³-hybridized carbons (Fsp3) is 0.0870. The molecule has 0 aliphatic rings. The number of para-hydroxylation sites is 1. The van der Waals surface area contributed by atoms with Crippen molar-refractivity contribution in [2.75, 3.05) is 4.72 Å². The Bertz CT molecular complexity index is 1560. The van der Waals surface area contributed by atoms with Crippen LogP contribution in [0, 0.1) is 24.4 Å². The molecule has 12 heteroatoms. The third kappa shape index (κ3) is 5.02. The maximum atomic E-state index is 14.7. The molecule has 0 fully saturated rings. The molecule has 4 aromatic rings. The summed E-state index contributed by atoms with van der Waals surface area (Å²) in [4.78, 5) is 2.93. The van der Waals surface area contributed by atoms with Gasteiger partial charge in [-0.15, -0.1) is 0 Å². The summed E-state index contributed by atoms with van der Waals surface area (Å²) in [5.74, 6) is -3.57. The van der Waals surface area contributed by atoms with Crippen molar-refractivity contribution in [2.45, 2.75) is 18.0 Å². The molecule has 0 radical (unpaired) electrons. The van der Waals surface area contributed by atoms with Gasteiger partial charge in [-0.2, -0.15) is 13.2 Å². The maximum absolute atomic E-state index is 14.7. The van der Waals surface area contributed by atoms with Gasteiger partial charge in [0.05, 0.1) is 16.8 Å². The van der Waals surface area contributed by atoms with Gasteiger partial charge in [-0.05, 0) is 49.4 Å². The highest BCUT2D eigenvalue weighted by Gasteiger charge is 2.33. The van der Waals surface area contributed by atoms with Gasteiger partial charge in [0.1, 0.15) is 28.0 Å². The molecule has 0 saturated heterocycles. The van der Waals surface area contributed by atoms with Gasteiger partial charge in [0, 0.05) is 23.2 Å². The normalized spacial score (nSPS) is 12.1. The molecule has 0 bridgehead atoms. The number of rotatable bonds is 5. The standard InChI is InChI=1S/C23H14F6N2O3S/c1-12-9-20(15-3-2-4-16(22(15)30-12)23(27,28)29)34-14-6-8-19(18(26)11-14)31-35(32,33)21-10-13(24)5-7-17(21)25/h2-11,31H,1H3. The predicted octanol–water partition coefficient (Wildman–Crippen LogP) is 6.57. The summed E-state index contributed by atoms with van der Waals surface area (Å²) in [5, 5.41) is 0.0252. The minimum Gasteiger partial charge on any atom is -0.456 e. The van der Waals surface area contributed by atoms with E-state index in [4.69, 9.17) is 4.74 Å². The Morgan fingerprint density at radius 3 is 2.34 bits per heavy atom. The van der Waals surface area contributed by atoms with Crippen LogP contribution in [0.2, 0.25) is 0 Å². The molecule has 0 spiro atoms. The van der Waals surface area contributed by atoms with E-state index in [9.17, 15) is 34.8 Å². The number of benzene rings is 3. The van der Waals surface area contributed by atoms with Crippen LogP contribution in [0.15, 0.2) is 65.6 Å². The molecule has 1 aromatic heterocycles. The Kier molecular flexibility index (Phi) is 6.09. The Morgan fingerprint density at radius 2 is 1.66 bits per heavy atom. The first-order valence-corrected chi connectivity index (χ1v) is 11.3. The number of hydrogen-bond donors (Lipinski definition) is 1. The molecule has 182 valence electrons. The number of hydrogen-bond acceptors (Lipinski definition) is 4. The van der Waals surface area contributed by atoms with E-state index >= 15 is 0 Å². The van der Waals surface area contributed by atoms with Crippen LogP contribution in [0.5, 0.6) is 11.5 Å². The van der Waals surface area contributed by atoms with Gasteiger partial charge in [0.25, 0.3) is 10.0 Å². The smallest absolute Gasteiger partial charge is 0.418 e. The number of fused-ring (bicyclic) bond motifs is 1. The van der Waals surface area contributed by atoms with Gasteiger partial charge in [-0.25, -0.2) is 21.6 Å².